The molecule has 0 radical (unpaired) electrons. The average molecular weight is 412 g/mol. The highest BCUT2D eigenvalue weighted by atomic mass is 35.5. The van der Waals surface area contributed by atoms with Crippen molar-refractivity contribution in [2.45, 2.75) is 32.7 Å². The van der Waals surface area contributed by atoms with Crippen LogP contribution < -0.4 is 5.56 Å². The molecule has 0 saturated heterocycles. The second-order valence-electron chi connectivity index (χ2n) is 7.33. The number of halogens is 1. The Balaban J connectivity index is 1.48. The third kappa shape index (κ3) is 3.06. The fraction of sp³-hybridized carbons (Fsp3) is 0.286. The van der Waals surface area contributed by atoms with Gasteiger partial charge in [-0.15, -0.1) is 11.3 Å². The van der Waals surface area contributed by atoms with Gasteiger partial charge in [0, 0.05) is 15.5 Å². The Labute approximate surface area is 170 Å². The molecule has 0 amide bonds. The first-order valence-electron chi connectivity index (χ1n) is 9.29. The topological polar surface area (TPSA) is 60.9 Å². The summed E-state index contributed by atoms with van der Waals surface area (Å²) < 4.78 is 7.44. The van der Waals surface area contributed by atoms with Crippen LogP contribution in [0.15, 0.2) is 46.0 Å². The molecule has 7 heteroatoms. The second-order valence-corrected chi connectivity index (χ2v) is 8.85. The van der Waals surface area contributed by atoms with Crippen LogP contribution >= 0.6 is 22.9 Å². The summed E-state index contributed by atoms with van der Waals surface area (Å²) in [7, 11) is 0. The van der Waals surface area contributed by atoms with Gasteiger partial charge < -0.3 is 4.42 Å². The first kappa shape index (κ1) is 17.6. The highest BCUT2D eigenvalue weighted by molar-refractivity contribution is 7.18. The first-order chi connectivity index (χ1) is 13.6. The summed E-state index contributed by atoms with van der Waals surface area (Å²) in [6, 6.07) is 7.38. The van der Waals surface area contributed by atoms with Crippen molar-refractivity contribution in [1.82, 2.24) is 14.5 Å². The van der Waals surface area contributed by atoms with E-state index < -0.39 is 0 Å². The van der Waals surface area contributed by atoms with Crippen molar-refractivity contribution in [2.24, 2.45) is 5.92 Å². The van der Waals surface area contributed by atoms with Gasteiger partial charge in [0.1, 0.15) is 11.4 Å². The van der Waals surface area contributed by atoms with Crippen molar-refractivity contribution in [3.63, 3.8) is 0 Å². The maximum absolute atomic E-state index is 13.1. The van der Waals surface area contributed by atoms with Gasteiger partial charge in [-0.25, -0.2) is 9.97 Å². The molecule has 1 atom stereocenters. The van der Waals surface area contributed by atoms with Gasteiger partial charge in [-0.2, -0.15) is 0 Å². The van der Waals surface area contributed by atoms with Crippen molar-refractivity contribution in [2.75, 3.05) is 0 Å². The van der Waals surface area contributed by atoms with E-state index in [4.69, 9.17) is 16.0 Å². The third-order valence-corrected chi connectivity index (χ3v) is 6.68. The highest BCUT2D eigenvalue weighted by Gasteiger charge is 2.23. The molecule has 0 fully saturated rings. The molecule has 0 aliphatic heterocycles. The third-order valence-electron chi connectivity index (χ3n) is 5.27. The molecule has 0 spiro atoms. The van der Waals surface area contributed by atoms with E-state index in [0.717, 1.165) is 35.0 Å². The number of rotatable bonds is 3. The quantitative estimate of drug-likeness (QED) is 0.479. The van der Waals surface area contributed by atoms with E-state index in [-0.39, 0.29) is 12.1 Å². The van der Waals surface area contributed by atoms with Crippen molar-refractivity contribution in [3.8, 4) is 11.3 Å². The fourth-order valence-corrected chi connectivity index (χ4v) is 5.22. The monoisotopic (exact) mass is 411 g/mol. The summed E-state index contributed by atoms with van der Waals surface area (Å²) >= 11 is 7.60. The van der Waals surface area contributed by atoms with Crippen LogP contribution in [0.25, 0.3) is 21.5 Å². The van der Waals surface area contributed by atoms with Gasteiger partial charge >= 0.3 is 0 Å². The number of thiophene rings is 1. The number of fused-ring (bicyclic) bond motifs is 3. The molecule has 0 bridgehead atoms. The molecule has 4 aromatic rings. The maximum atomic E-state index is 13.1. The van der Waals surface area contributed by atoms with Gasteiger partial charge in [0.05, 0.1) is 17.9 Å². The zero-order valence-corrected chi connectivity index (χ0v) is 16.9. The van der Waals surface area contributed by atoms with Gasteiger partial charge in [0.2, 0.25) is 5.89 Å². The lowest BCUT2D eigenvalue weighted by Crippen LogP contribution is -2.22. The van der Waals surface area contributed by atoms with Crippen LogP contribution in [0, 0.1) is 5.92 Å². The molecular weight excluding hydrogens is 394 g/mol. The van der Waals surface area contributed by atoms with Gasteiger partial charge in [-0.1, -0.05) is 18.5 Å². The lowest BCUT2D eigenvalue weighted by molar-refractivity contribution is 0.483. The number of hydrogen-bond acceptors (Lipinski definition) is 5. The largest absolute Gasteiger partial charge is 0.439 e. The SMILES string of the molecule is CC1CCc2c(sc3ncn(Cc4ncc(-c5ccc(Cl)cc5)o4)c(=O)c23)C1. The average Bonchev–Trinajstić information content (AvgIpc) is 3.29. The molecule has 1 aliphatic rings. The van der Waals surface area contributed by atoms with E-state index in [1.165, 1.54) is 10.4 Å². The van der Waals surface area contributed by atoms with E-state index in [1.807, 2.05) is 24.3 Å². The Kier molecular flexibility index (Phi) is 4.33. The summed E-state index contributed by atoms with van der Waals surface area (Å²) in [5.74, 6) is 1.79. The Bertz CT molecular complexity index is 1220. The summed E-state index contributed by atoms with van der Waals surface area (Å²) in [4.78, 5) is 24.1. The smallest absolute Gasteiger partial charge is 0.262 e. The number of aromatic nitrogens is 3. The summed E-state index contributed by atoms with van der Waals surface area (Å²) in [5, 5.41) is 1.45. The van der Waals surface area contributed by atoms with Gasteiger partial charge in [0.15, 0.2) is 5.76 Å². The van der Waals surface area contributed by atoms with Crippen LogP contribution in [-0.2, 0) is 19.4 Å². The molecule has 0 N–H and O–H groups in total. The zero-order valence-electron chi connectivity index (χ0n) is 15.3. The van der Waals surface area contributed by atoms with E-state index in [0.29, 0.717) is 22.6 Å². The minimum atomic E-state index is -0.0108. The van der Waals surface area contributed by atoms with Crippen molar-refractivity contribution < 1.29 is 4.42 Å². The zero-order chi connectivity index (χ0) is 19.3. The van der Waals surface area contributed by atoms with Gasteiger partial charge in [-0.3, -0.25) is 9.36 Å². The molecule has 1 unspecified atom stereocenters. The van der Waals surface area contributed by atoms with E-state index in [1.54, 1.807) is 28.4 Å². The normalized spacial score (nSPS) is 16.4. The van der Waals surface area contributed by atoms with E-state index in [9.17, 15) is 4.79 Å². The molecule has 0 saturated carbocycles. The van der Waals surface area contributed by atoms with Crippen LogP contribution in [0.2, 0.25) is 5.02 Å². The Hall–Kier alpha value is -2.44. The molecule has 5 nitrogen and oxygen atoms in total. The predicted octanol–water partition coefficient (Wildman–Crippen LogP) is 4.94. The molecular formula is C21H18ClN3O2S. The molecule has 1 aliphatic carbocycles. The van der Waals surface area contributed by atoms with Crippen LogP contribution in [-0.4, -0.2) is 14.5 Å². The molecule has 1 aromatic carbocycles. The van der Waals surface area contributed by atoms with Gasteiger partial charge in [-0.05, 0) is 55.0 Å². The molecule has 28 heavy (non-hydrogen) atoms. The molecule has 142 valence electrons. The lowest BCUT2D eigenvalue weighted by Gasteiger charge is -2.17. The number of nitrogens with zero attached hydrogens (tertiary/aromatic N) is 3. The van der Waals surface area contributed by atoms with E-state index in [2.05, 4.69) is 16.9 Å². The lowest BCUT2D eigenvalue weighted by atomic mass is 9.89. The number of hydrogen-bond donors (Lipinski definition) is 0. The number of aryl methyl sites for hydroxylation is 1. The van der Waals surface area contributed by atoms with Crippen molar-refractivity contribution >= 4 is 33.2 Å². The van der Waals surface area contributed by atoms with Gasteiger partial charge in [0.25, 0.3) is 5.56 Å². The summed E-state index contributed by atoms with van der Waals surface area (Å²) in [5.41, 5.74) is 2.08. The second kappa shape index (κ2) is 6.87. The van der Waals surface area contributed by atoms with Crippen LogP contribution in [0.1, 0.15) is 29.7 Å². The maximum Gasteiger partial charge on any atom is 0.262 e. The Morgan fingerprint density at radius 2 is 2.11 bits per heavy atom. The van der Waals surface area contributed by atoms with Crippen LogP contribution in [0.4, 0.5) is 0 Å². The minimum absolute atomic E-state index is 0.0108. The Morgan fingerprint density at radius 3 is 2.93 bits per heavy atom. The van der Waals surface area contributed by atoms with Crippen LogP contribution in [0.5, 0.6) is 0 Å². The van der Waals surface area contributed by atoms with Crippen molar-refractivity contribution in [3.05, 3.63) is 68.5 Å². The minimum Gasteiger partial charge on any atom is -0.439 e. The molecule has 3 heterocycles. The highest BCUT2D eigenvalue weighted by Crippen LogP contribution is 2.35. The first-order valence-corrected chi connectivity index (χ1v) is 10.5. The van der Waals surface area contributed by atoms with E-state index >= 15 is 0 Å². The van der Waals surface area contributed by atoms with Crippen LogP contribution in [0.3, 0.4) is 0 Å². The summed E-state index contributed by atoms with van der Waals surface area (Å²) in [6.45, 7) is 2.52. The standard InChI is InChI=1S/C21H18ClN3O2S/c1-12-2-7-15-17(8-12)28-20-19(15)21(26)25(11-24-20)10-18-23-9-16(27-18)13-3-5-14(22)6-4-13/h3-6,9,11-12H,2,7-8,10H2,1H3. The predicted molar refractivity (Wildman–Crippen MR) is 111 cm³/mol. The van der Waals surface area contributed by atoms with Crippen molar-refractivity contribution in [1.29, 1.82) is 0 Å². The fourth-order valence-electron chi connectivity index (χ4n) is 3.76. The summed E-state index contributed by atoms with van der Waals surface area (Å²) in [6.07, 6.45) is 6.39. The number of oxazole rings is 1. The number of benzene rings is 1. The molecule has 5 rings (SSSR count). The molecule has 3 aromatic heterocycles. The Morgan fingerprint density at radius 1 is 1.29 bits per heavy atom.